The maximum atomic E-state index is 14.2. The molecule has 1 aromatic carbocycles. The van der Waals surface area contributed by atoms with Crippen LogP contribution in [0.3, 0.4) is 0 Å². The molecule has 1 saturated heterocycles. The molecule has 0 aliphatic carbocycles. The van der Waals surface area contributed by atoms with Crippen LogP contribution in [0.5, 0.6) is 0 Å². The van der Waals surface area contributed by atoms with Gasteiger partial charge in [-0.3, -0.25) is 4.99 Å². The summed E-state index contributed by atoms with van der Waals surface area (Å²) < 4.78 is 45.5. The van der Waals surface area contributed by atoms with E-state index in [1.165, 1.54) is 16.6 Å². The molecule has 172 valence electrons. The molecule has 0 radical (unpaired) electrons. The van der Waals surface area contributed by atoms with Gasteiger partial charge in [-0.25, -0.2) is 12.8 Å². The molecule has 0 bridgehead atoms. The molecule has 0 spiro atoms. The van der Waals surface area contributed by atoms with Gasteiger partial charge in [0.15, 0.2) is 5.96 Å². The SMILES string of the molecule is CN=C(NCc1ccc(N(C)C)c(F)c1)N1CCN(S(=O)(=O)Cc2ccon2)CC1.I. The van der Waals surface area contributed by atoms with E-state index in [-0.39, 0.29) is 35.5 Å². The number of hydrogen-bond donors (Lipinski definition) is 1. The molecule has 1 fully saturated rings. The summed E-state index contributed by atoms with van der Waals surface area (Å²) in [6, 6.07) is 6.66. The number of aliphatic imine (C=N–C) groups is 1. The normalized spacial score (nSPS) is 15.5. The summed E-state index contributed by atoms with van der Waals surface area (Å²) in [7, 11) is 1.81. The van der Waals surface area contributed by atoms with Gasteiger partial charge < -0.3 is 19.6 Å². The summed E-state index contributed by atoms with van der Waals surface area (Å²) in [6.07, 6.45) is 1.36. The summed E-state index contributed by atoms with van der Waals surface area (Å²) in [5.74, 6) is 0.200. The smallest absolute Gasteiger partial charge is 0.220 e. The van der Waals surface area contributed by atoms with Crippen molar-refractivity contribution in [2.45, 2.75) is 12.3 Å². The van der Waals surface area contributed by atoms with Gasteiger partial charge in [-0.15, -0.1) is 24.0 Å². The Labute approximate surface area is 199 Å². The summed E-state index contributed by atoms with van der Waals surface area (Å²) in [6.45, 7) is 2.14. The standard InChI is InChI=1S/C19H27FN6O3S.HI/c1-21-19(22-13-15-4-5-18(24(2)3)17(20)12-15)25-7-9-26(10-8-25)30(27,28)14-16-6-11-29-23-16;/h4-6,11-12H,7-10,13-14H2,1-3H3,(H,21,22);1H. The van der Waals surface area contributed by atoms with Gasteiger partial charge in [0.25, 0.3) is 0 Å². The Hall–Kier alpha value is -1.93. The van der Waals surface area contributed by atoms with Gasteiger partial charge in [-0.05, 0) is 17.7 Å². The Bertz CT molecular complexity index is 977. The molecule has 0 amide bonds. The van der Waals surface area contributed by atoms with Gasteiger partial charge in [0.1, 0.15) is 17.8 Å². The first-order valence-corrected chi connectivity index (χ1v) is 11.2. The van der Waals surface area contributed by atoms with E-state index >= 15 is 0 Å². The number of anilines is 1. The lowest BCUT2D eigenvalue weighted by Gasteiger charge is -2.35. The lowest BCUT2D eigenvalue weighted by Crippen LogP contribution is -2.53. The summed E-state index contributed by atoms with van der Waals surface area (Å²) >= 11 is 0. The highest BCUT2D eigenvalue weighted by Crippen LogP contribution is 2.18. The van der Waals surface area contributed by atoms with E-state index in [1.54, 1.807) is 38.2 Å². The minimum atomic E-state index is -3.46. The Balaban J connectivity index is 0.00000341. The van der Waals surface area contributed by atoms with E-state index < -0.39 is 10.0 Å². The van der Waals surface area contributed by atoms with E-state index in [1.807, 2.05) is 11.0 Å². The van der Waals surface area contributed by atoms with Gasteiger partial charge in [-0.2, -0.15) is 4.31 Å². The molecule has 1 aliphatic rings. The van der Waals surface area contributed by atoms with Crippen LogP contribution in [0.15, 0.2) is 40.0 Å². The Morgan fingerprint density at radius 1 is 1.26 bits per heavy atom. The number of nitrogens with one attached hydrogen (secondary N) is 1. The van der Waals surface area contributed by atoms with Crippen LogP contribution in [0.25, 0.3) is 0 Å². The van der Waals surface area contributed by atoms with E-state index in [2.05, 4.69) is 15.5 Å². The Morgan fingerprint density at radius 2 is 1.97 bits per heavy atom. The fourth-order valence-electron chi connectivity index (χ4n) is 3.30. The van der Waals surface area contributed by atoms with Gasteiger partial charge in [0.05, 0.1) is 11.4 Å². The number of nitrogens with zero attached hydrogens (tertiary/aromatic N) is 5. The average molecular weight is 566 g/mol. The number of sulfonamides is 1. The maximum absolute atomic E-state index is 14.2. The monoisotopic (exact) mass is 566 g/mol. The molecule has 0 atom stereocenters. The zero-order valence-corrected chi connectivity index (χ0v) is 20.9. The highest BCUT2D eigenvalue weighted by atomic mass is 127. The molecular weight excluding hydrogens is 538 g/mol. The van der Waals surface area contributed by atoms with Crippen LogP contribution in [-0.4, -0.2) is 76.1 Å². The largest absolute Gasteiger partial charge is 0.375 e. The van der Waals surface area contributed by atoms with Crippen molar-refractivity contribution in [3.8, 4) is 0 Å². The Kier molecular flexibility index (Phi) is 9.06. The lowest BCUT2D eigenvalue weighted by molar-refractivity contribution is 0.259. The zero-order chi connectivity index (χ0) is 21.7. The molecule has 1 aromatic heterocycles. The second-order valence-corrected chi connectivity index (χ2v) is 9.18. The van der Waals surface area contributed by atoms with Crippen LogP contribution in [0.2, 0.25) is 0 Å². The van der Waals surface area contributed by atoms with Crippen LogP contribution < -0.4 is 10.2 Å². The summed E-state index contributed by atoms with van der Waals surface area (Å²) in [5, 5.41) is 6.90. The van der Waals surface area contributed by atoms with Crippen molar-refractivity contribution in [1.29, 1.82) is 0 Å². The molecule has 2 heterocycles. The second-order valence-electron chi connectivity index (χ2n) is 7.21. The minimum absolute atomic E-state index is 0. The van der Waals surface area contributed by atoms with Crippen molar-refractivity contribution in [3.05, 3.63) is 47.6 Å². The fraction of sp³-hybridized carbons (Fsp3) is 0.474. The van der Waals surface area contributed by atoms with Crippen molar-refractivity contribution in [2.24, 2.45) is 4.99 Å². The quantitative estimate of drug-likeness (QED) is 0.324. The van der Waals surface area contributed by atoms with Crippen LogP contribution in [-0.2, 0) is 22.3 Å². The molecular formula is C19H28FIN6O3S. The molecule has 3 rings (SSSR count). The number of halogens is 2. The first kappa shape index (κ1) is 25.3. The third-order valence-electron chi connectivity index (χ3n) is 4.91. The van der Waals surface area contributed by atoms with Crippen LogP contribution in [0.1, 0.15) is 11.3 Å². The summed E-state index contributed by atoms with van der Waals surface area (Å²) in [4.78, 5) is 8.00. The minimum Gasteiger partial charge on any atom is -0.375 e. The molecule has 0 saturated carbocycles. The van der Waals surface area contributed by atoms with E-state index in [0.29, 0.717) is 50.1 Å². The maximum Gasteiger partial charge on any atom is 0.220 e. The predicted octanol–water partition coefficient (Wildman–Crippen LogP) is 1.72. The number of guanidine groups is 1. The average Bonchev–Trinajstić information content (AvgIpc) is 3.21. The third-order valence-corrected chi connectivity index (χ3v) is 6.72. The molecule has 2 aromatic rings. The number of aromatic nitrogens is 1. The van der Waals surface area contributed by atoms with Crippen molar-refractivity contribution >= 4 is 45.6 Å². The van der Waals surface area contributed by atoms with Crippen molar-refractivity contribution < 1.29 is 17.3 Å². The number of benzene rings is 1. The highest BCUT2D eigenvalue weighted by molar-refractivity contribution is 14.0. The molecule has 1 aliphatic heterocycles. The second kappa shape index (κ2) is 11.1. The fourth-order valence-corrected chi connectivity index (χ4v) is 4.73. The predicted molar refractivity (Wildman–Crippen MR) is 129 cm³/mol. The molecule has 1 N–H and O–H groups in total. The topological polar surface area (TPSA) is 94.3 Å². The number of rotatable bonds is 6. The van der Waals surface area contributed by atoms with E-state index in [9.17, 15) is 12.8 Å². The third kappa shape index (κ3) is 6.53. The van der Waals surface area contributed by atoms with Gasteiger partial charge in [0.2, 0.25) is 10.0 Å². The van der Waals surface area contributed by atoms with Crippen molar-refractivity contribution in [2.75, 3.05) is 52.2 Å². The van der Waals surface area contributed by atoms with Crippen LogP contribution >= 0.6 is 24.0 Å². The molecule has 9 nitrogen and oxygen atoms in total. The van der Waals surface area contributed by atoms with Crippen molar-refractivity contribution in [1.82, 2.24) is 19.7 Å². The van der Waals surface area contributed by atoms with Crippen molar-refractivity contribution in [3.63, 3.8) is 0 Å². The number of hydrogen-bond acceptors (Lipinski definition) is 6. The zero-order valence-electron chi connectivity index (χ0n) is 17.8. The first-order chi connectivity index (χ1) is 14.3. The van der Waals surface area contributed by atoms with Gasteiger partial charge in [-0.1, -0.05) is 11.2 Å². The Morgan fingerprint density at radius 3 is 2.52 bits per heavy atom. The first-order valence-electron chi connectivity index (χ1n) is 9.58. The van der Waals surface area contributed by atoms with Gasteiger partial charge in [0, 0.05) is 59.9 Å². The van der Waals surface area contributed by atoms with Gasteiger partial charge >= 0.3 is 0 Å². The molecule has 12 heteroatoms. The van der Waals surface area contributed by atoms with Crippen LogP contribution in [0, 0.1) is 5.82 Å². The molecule has 31 heavy (non-hydrogen) atoms. The van der Waals surface area contributed by atoms with E-state index in [0.717, 1.165) is 5.56 Å². The molecule has 0 unspecified atom stereocenters. The van der Waals surface area contributed by atoms with Crippen LogP contribution in [0.4, 0.5) is 10.1 Å². The lowest BCUT2D eigenvalue weighted by atomic mass is 10.2. The highest BCUT2D eigenvalue weighted by Gasteiger charge is 2.29. The summed E-state index contributed by atoms with van der Waals surface area (Å²) in [5.41, 5.74) is 1.72. The number of piperazine rings is 1. The van der Waals surface area contributed by atoms with E-state index in [4.69, 9.17) is 4.52 Å².